The minimum atomic E-state index is 0.275. The lowest BCUT2D eigenvalue weighted by atomic mass is 9.72. The molecule has 1 nitrogen and oxygen atoms in total. The Balaban J connectivity index is 2.28. The highest BCUT2D eigenvalue weighted by atomic mass is 14.7. The first-order valence-electron chi connectivity index (χ1n) is 6.61. The quantitative estimate of drug-likeness (QED) is 0.819. The van der Waals surface area contributed by atoms with Crippen molar-refractivity contribution in [3.8, 4) is 0 Å². The van der Waals surface area contributed by atoms with E-state index in [-0.39, 0.29) is 5.41 Å². The van der Waals surface area contributed by atoms with Gasteiger partial charge in [0.15, 0.2) is 0 Å². The van der Waals surface area contributed by atoms with Crippen molar-refractivity contribution in [1.29, 1.82) is 0 Å². The molecule has 0 spiro atoms. The van der Waals surface area contributed by atoms with Crippen LogP contribution in [0.25, 0.3) is 0 Å². The molecule has 88 valence electrons. The van der Waals surface area contributed by atoms with E-state index in [0.717, 1.165) is 6.42 Å². The molecule has 1 aromatic carbocycles. The van der Waals surface area contributed by atoms with Gasteiger partial charge >= 0.3 is 0 Å². The monoisotopic (exact) mass is 217 g/mol. The first kappa shape index (κ1) is 11.7. The van der Waals surface area contributed by atoms with Crippen LogP contribution >= 0.6 is 0 Å². The van der Waals surface area contributed by atoms with Gasteiger partial charge in [0.1, 0.15) is 0 Å². The Bertz CT molecular complexity index is 311. The van der Waals surface area contributed by atoms with Gasteiger partial charge in [-0.2, -0.15) is 0 Å². The van der Waals surface area contributed by atoms with Gasteiger partial charge in [0.05, 0.1) is 0 Å². The summed E-state index contributed by atoms with van der Waals surface area (Å²) in [6, 6.07) is 11.3. The third kappa shape index (κ3) is 2.01. The van der Waals surface area contributed by atoms with Gasteiger partial charge in [0.25, 0.3) is 0 Å². The van der Waals surface area contributed by atoms with Crippen molar-refractivity contribution in [2.45, 2.75) is 56.9 Å². The van der Waals surface area contributed by atoms with Crippen molar-refractivity contribution in [3.63, 3.8) is 0 Å². The average Bonchev–Trinajstić information content (AvgIpc) is 2.81. The molecule has 1 unspecified atom stereocenters. The predicted molar refractivity (Wildman–Crippen MR) is 69.5 cm³/mol. The summed E-state index contributed by atoms with van der Waals surface area (Å²) < 4.78 is 0. The van der Waals surface area contributed by atoms with Crippen LogP contribution in [0.2, 0.25) is 0 Å². The minimum Gasteiger partial charge on any atom is -0.327 e. The van der Waals surface area contributed by atoms with E-state index in [1.165, 1.54) is 37.7 Å². The molecule has 1 atom stereocenters. The van der Waals surface area contributed by atoms with Crippen LogP contribution in [0.4, 0.5) is 0 Å². The van der Waals surface area contributed by atoms with Crippen molar-refractivity contribution >= 4 is 0 Å². The second-order valence-electron chi connectivity index (χ2n) is 5.12. The second kappa shape index (κ2) is 5.01. The summed E-state index contributed by atoms with van der Waals surface area (Å²) in [5.41, 5.74) is 8.20. The van der Waals surface area contributed by atoms with Gasteiger partial charge < -0.3 is 5.73 Å². The molecule has 0 aliphatic heterocycles. The average molecular weight is 217 g/mol. The summed E-state index contributed by atoms with van der Waals surface area (Å²) in [7, 11) is 0. The van der Waals surface area contributed by atoms with Crippen LogP contribution < -0.4 is 5.73 Å². The fraction of sp³-hybridized carbons (Fsp3) is 0.600. The molecule has 16 heavy (non-hydrogen) atoms. The van der Waals surface area contributed by atoms with E-state index in [4.69, 9.17) is 5.73 Å². The first-order valence-corrected chi connectivity index (χ1v) is 6.61. The number of hydrogen-bond acceptors (Lipinski definition) is 1. The van der Waals surface area contributed by atoms with Gasteiger partial charge in [-0.25, -0.2) is 0 Å². The van der Waals surface area contributed by atoms with E-state index >= 15 is 0 Å². The Morgan fingerprint density at radius 2 is 1.81 bits per heavy atom. The Morgan fingerprint density at radius 1 is 1.19 bits per heavy atom. The van der Waals surface area contributed by atoms with Crippen molar-refractivity contribution in [3.05, 3.63) is 35.9 Å². The van der Waals surface area contributed by atoms with Crippen molar-refractivity contribution in [1.82, 2.24) is 0 Å². The topological polar surface area (TPSA) is 26.0 Å². The molecule has 0 saturated heterocycles. The van der Waals surface area contributed by atoms with Crippen LogP contribution in [0.3, 0.4) is 0 Å². The summed E-state index contributed by atoms with van der Waals surface area (Å²) in [6.45, 7) is 2.23. The Morgan fingerprint density at radius 3 is 2.38 bits per heavy atom. The van der Waals surface area contributed by atoms with Crippen molar-refractivity contribution in [2.24, 2.45) is 5.73 Å². The van der Waals surface area contributed by atoms with Gasteiger partial charge in [0.2, 0.25) is 0 Å². The molecule has 1 aliphatic carbocycles. The zero-order chi connectivity index (χ0) is 11.4. The molecular formula is C15H23N. The maximum absolute atomic E-state index is 6.46. The Kier molecular flexibility index (Phi) is 3.65. The Labute approximate surface area is 99.0 Å². The zero-order valence-corrected chi connectivity index (χ0v) is 10.3. The van der Waals surface area contributed by atoms with Crippen molar-refractivity contribution in [2.75, 3.05) is 0 Å². The number of benzene rings is 1. The van der Waals surface area contributed by atoms with E-state index in [1.54, 1.807) is 0 Å². The second-order valence-corrected chi connectivity index (χ2v) is 5.12. The van der Waals surface area contributed by atoms with Crippen LogP contribution in [0, 0.1) is 0 Å². The van der Waals surface area contributed by atoms with E-state index < -0.39 is 0 Å². The molecule has 0 heterocycles. The smallest absolute Gasteiger partial charge is 0.0136 e. The molecule has 0 amide bonds. The lowest BCUT2D eigenvalue weighted by Crippen LogP contribution is -2.43. The number of nitrogens with two attached hydrogens (primary N) is 1. The predicted octanol–water partition coefficient (Wildman–Crippen LogP) is 3.63. The van der Waals surface area contributed by atoms with Gasteiger partial charge in [0, 0.05) is 11.5 Å². The summed E-state index contributed by atoms with van der Waals surface area (Å²) in [4.78, 5) is 0. The molecule has 1 aromatic rings. The lowest BCUT2D eigenvalue weighted by Gasteiger charge is -2.36. The Hall–Kier alpha value is -0.820. The molecule has 1 saturated carbocycles. The standard InChI is InChI=1S/C15H23N/c1-2-8-14(16)15(11-6-7-12-15)13-9-4-3-5-10-13/h3-5,9-10,14H,2,6-8,11-12,16H2,1H3. The third-order valence-electron chi connectivity index (χ3n) is 4.15. The molecular weight excluding hydrogens is 194 g/mol. The normalized spacial score (nSPS) is 20.9. The summed E-state index contributed by atoms with van der Waals surface area (Å²) >= 11 is 0. The largest absolute Gasteiger partial charge is 0.327 e. The maximum atomic E-state index is 6.46. The molecule has 0 radical (unpaired) electrons. The third-order valence-corrected chi connectivity index (χ3v) is 4.15. The van der Waals surface area contributed by atoms with Crippen LogP contribution in [-0.2, 0) is 5.41 Å². The fourth-order valence-electron chi connectivity index (χ4n) is 3.24. The highest BCUT2D eigenvalue weighted by Crippen LogP contribution is 2.44. The van der Waals surface area contributed by atoms with E-state index in [1.807, 2.05) is 0 Å². The molecule has 2 N–H and O–H groups in total. The lowest BCUT2D eigenvalue weighted by molar-refractivity contribution is 0.332. The van der Waals surface area contributed by atoms with E-state index in [9.17, 15) is 0 Å². The SMILES string of the molecule is CCCC(N)C1(c2ccccc2)CCCC1. The minimum absolute atomic E-state index is 0.275. The molecule has 2 rings (SSSR count). The highest BCUT2D eigenvalue weighted by Gasteiger charge is 2.40. The van der Waals surface area contributed by atoms with Crippen LogP contribution in [-0.4, -0.2) is 6.04 Å². The molecule has 0 bridgehead atoms. The van der Waals surface area contributed by atoms with Gasteiger partial charge in [-0.05, 0) is 24.8 Å². The zero-order valence-electron chi connectivity index (χ0n) is 10.3. The molecule has 1 aliphatic rings. The maximum Gasteiger partial charge on any atom is 0.0136 e. The highest BCUT2D eigenvalue weighted by molar-refractivity contribution is 5.29. The molecule has 1 heteroatoms. The van der Waals surface area contributed by atoms with Crippen LogP contribution in [0.1, 0.15) is 51.0 Å². The molecule has 1 fully saturated rings. The van der Waals surface area contributed by atoms with Gasteiger partial charge in [-0.15, -0.1) is 0 Å². The number of rotatable bonds is 4. The number of hydrogen-bond donors (Lipinski definition) is 1. The van der Waals surface area contributed by atoms with Gasteiger partial charge in [-0.3, -0.25) is 0 Å². The fourth-order valence-corrected chi connectivity index (χ4v) is 3.24. The summed E-state index contributed by atoms with van der Waals surface area (Å²) in [5.74, 6) is 0. The van der Waals surface area contributed by atoms with E-state index in [2.05, 4.69) is 37.3 Å². The van der Waals surface area contributed by atoms with Crippen LogP contribution in [0.5, 0.6) is 0 Å². The summed E-state index contributed by atoms with van der Waals surface area (Å²) in [5, 5.41) is 0. The van der Waals surface area contributed by atoms with E-state index in [0.29, 0.717) is 6.04 Å². The van der Waals surface area contributed by atoms with Crippen LogP contribution in [0.15, 0.2) is 30.3 Å². The first-order chi connectivity index (χ1) is 7.79. The summed E-state index contributed by atoms with van der Waals surface area (Å²) in [6.07, 6.45) is 7.57. The molecule has 0 aromatic heterocycles. The van der Waals surface area contributed by atoms with Crippen molar-refractivity contribution < 1.29 is 0 Å². The van der Waals surface area contributed by atoms with Gasteiger partial charge in [-0.1, -0.05) is 56.5 Å².